The van der Waals surface area contributed by atoms with E-state index < -0.39 is 0 Å². The van der Waals surface area contributed by atoms with Crippen molar-refractivity contribution in [2.75, 3.05) is 0 Å². The van der Waals surface area contributed by atoms with Crippen molar-refractivity contribution in [3.63, 3.8) is 0 Å². The van der Waals surface area contributed by atoms with Gasteiger partial charge in [-0.25, -0.2) is 0 Å². The first kappa shape index (κ1) is 14.0. The minimum atomic E-state index is -0.307. The number of hydrogen-bond donors (Lipinski definition) is 1. The molecule has 0 saturated heterocycles. The number of carbonyl (C=O) groups is 1. The minimum absolute atomic E-state index is 0.112. The lowest BCUT2D eigenvalue weighted by Gasteiger charge is -2.29. The summed E-state index contributed by atoms with van der Waals surface area (Å²) in [7, 11) is 0. The maximum absolute atomic E-state index is 12.0. The molecule has 0 saturated carbocycles. The molecule has 1 aromatic rings. The summed E-state index contributed by atoms with van der Waals surface area (Å²) < 4.78 is 0. The Morgan fingerprint density at radius 3 is 2.56 bits per heavy atom. The van der Waals surface area contributed by atoms with Crippen molar-refractivity contribution in [2.24, 2.45) is 0 Å². The molecule has 1 rings (SSSR count). The molecule has 0 bridgehead atoms. The number of thiophene rings is 1. The standard InChI is InChI=1S/C11H15BrClNOS/c1-6-5-16-9(8(6)13)10(15)14-11(3,4)7(2)12/h5,7H,1-4H3,(H,14,15). The fourth-order valence-corrected chi connectivity index (χ4v) is 2.32. The number of aryl methyl sites for hydroxylation is 1. The Labute approximate surface area is 114 Å². The lowest BCUT2D eigenvalue weighted by Crippen LogP contribution is -2.48. The Morgan fingerprint density at radius 1 is 1.62 bits per heavy atom. The van der Waals surface area contributed by atoms with Crippen LogP contribution < -0.4 is 5.32 Å². The number of amides is 1. The highest BCUT2D eigenvalue weighted by Gasteiger charge is 2.27. The number of alkyl halides is 1. The summed E-state index contributed by atoms with van der Waals surface area (Å²) in [6.45, 7) is 7.84. The molecule has 0 fully saturated rings. The molecule has 0 aromatic carbocycles. The van der Waals surface area contributed by atoms with Crippen molar-refractivity contribution in [2.45, 2.75) is 38.1 Å². The molecule has 0 aliphatic carbocycles. The SMILES string of the molecule is Cc1csc(C(=O)NC(C)(C)C(C)Br)c1Cl. The van der Waals surface area contributed by atoms with Crippen molar-refractivity contribution in [3.05, 3.63) is 20.8 Å². The zero-order chi connectivity index (χ0) is 12.5. The maximum atomic E-state index is 12.0. The summed E-state index contributed by atoms with van der Waals surface area (Å²) in [6.07, 6.45) is 0. The van der Waals surface area contributed by atoms with Gasteiger partial charge in [-0.3, -0.25) is 4.79 Å². The van der Waals surface area contributed by atoms with Crippen molar-refractivity contribution in [1.29, 1.82) is 0 Å². The molecule has 0 spiro atoms. The van der Waals surface area contributed by atoms with E-state index in [1.165, 1.54) is 11.3 Å². The fraction of sp³-hybridized carbons (Fsp3) is 0.545. The van der Waals surface area contributed by atoms with Gasteiger partial charge >= 0.3 is 0 Å². The smallest absolute Gasteiger partial charge is 0.263 e. The second-order valence-electron chi connectivity index (χ2n) is 4.35. The van der Waals surface area contributed by atoms with Crippen LogP contribution in [0.4, 0.5) is 0 Å². The molecule has 1 unspecified atom stereocenters. The van der Waals surface area contributed by atoms with E-state index in [4.69, 9.17) is 11.6 Å². The molecule has 2 nitrogen and oxygen atoms in total. The monoisotopic (exact) mass is 323 g/mol. The number of rotatable bonds is 3. The van der Waals surface area contributed by atoms with Gasteiger partial charge in [0.15, 0.2) is 0 Å². The zero-order valence-electron chi connectivity index (χ0n) is 9.73. The first-order chi connectivity index (χ1) is 7.25. The lowest BCUT2D eigenvalue weighted by molar-refractivity contribution is 0.0918. The van der Waals surface area contributed by atoms with E-state index in [1.54, 1.807) is 0 Å². The molecule has 0 radical (unpaired) electrons. The van der Waals surface area contributed by atoms with Gasteiger partial charge in [-0.05, 0) is 31.7 Å². The maximum Gasteiger partial charge on any atom is 0.263 e. The molecule has 1 atom stereocenters. The molecular weight excluding hydrogens is 310 g/mol. The van der Waals surface area contributed by atoms with Crippen molar-refractivity contribution >= 4 is 44.8 Å². The van der Waals surface area contributed by atoms with Crippen LogP contribution in [-0.2, 0) is 0 Å². The van der Waals surface area contributed by atoms with Gasteiger partial charge in [0.2, 0.25) is 0 Å². The summed E-state index contributed by atoms with van der Waals surface area (Å²) in [4.78, 5) is 12.8. The highest BCUT2D eigenvalue weighted by Crippen LogP contribution is 2.28. The van der Waals surface area contributed by atoms with Gasteiger partial charge in [0.1, 0.15) is 4.88 Å². The Hall–Kier alpha value is -0.0600. The number of halogens is 2. The van der Waals surface area contributed by atoms with Gasteiger partial charge in [-0.2, -0.15) is 0 Å². The van der Waals surface area contributed by atoms with Gasteiger partial charge in [-0.15, -0.1) is 11.3 Å². The summed E-state index contributed by atoms with van der Waals surface area (Å²) in [5.74, 6) is -0.112. The van der Waals surface area contributed by atoms with E-state index in [0.29, 0.717) is 9.90 Å². The van der Waals surface area contributed by atoms with Gasteiger partial charge < -0.3 is 5.32 Å². The minimum Gasteiger partial charge on any atom is -0.345 e. The highest BCUT2D eigenvalue weighted by atomic mass is 79.9. The van der Waals surface area contributed by atoms with Crippen molar-refractivity contribution in [3.8, 4) is 0 Å². The Kier molecular flexibility index (Phi) is 4.43. The second-order valence-corrected chi connectivity index (χ2v) is 6.98. The summed E-state index contributed by atoms with van der Waals surface area (Å²) >= 11 is 10.9. The zero-order valence-corrected chi connectivity index (χ0v) is 12.9. The lowest BCUT2D eigenvalue weighted by atomic mass is 10.0. The predicted molar refractivity (Wildman–Crippen MR) is 74.0 cm³/mol. The van der Waals surface area contributed by atoms with E-state index >= 15 is 0 Å². The third-order valence-electron chi connectivity index (χ3n) is 2.54. The average Bonchev–Trinajstić information content (AvgIpc) is 2.46. The second kappa shape index (κ2) is 5.07. The summed E-state index contributed by atoms with van der Waals surface area (Å²) in [6, 6.07) is 0. The predicted octanol–water partition coefficient (Wildman–Crippen LogP) is 4.00. The van der Waals surface area contributed by atoms with Gasteiger partial charge in [0.05, 0.1) is 5.02 Å². The molecule has 1 aromatic heterocycles. The molecule has 16 heavy (non-hydrogen) atoms. The summed E-state index contributed by atoms with van der Waals surface area (Å²) in [5.41, 5.74) is 0.639. The molecule has 1 amide bonds. The molecule has 5 heteroatoms. The van der Waals surface area contributed by atoms with Gasteiger partial charge in [0, 0.05) is 10.4 Å². The Morgan fingerprint density at radius 2 is 2.19 bits per heavy atom. The molecule has 1 heterocycles. The number of nitrogens with one attached hydrogen (secondary N) is 1. The average molecular weight is 325 g/mol. The third kappa shape index (κ3) is 2.99. The van der Waals surface area contributed by atoms with E-state index in [1.807, 2.05) is 33.1 Å². The van der Waals surface area contributed by atoms with E-state index in [9.17, 15) is 4.79 Å². The van der Waals surface area contributed by atoms with E-state index in [2.05, 4.69) is 21.2 Å². The molecule has 0 aliphatic heterocycles. The first-order valence-corrected chi connectivity index (χ1v) is 7.13. The topological polar surface area (TPSA) is 29.1 Å². The summed E-state index contributed by atoms with van der Waals surface area (Å²) in [5, 5.41) is 5.41. The number of hydrogen-bond acceptors (Lipinski definition) is 2. The highest BCUT2D eigenvalue weighted by molar-refractivity contribution is 9.09. The van der Waals surface area contributed by atoms with Crippen LogP contribution in [0.1, 0.15) is 36.0 Å². The van der Waals surface area contributed by atoms with Crippen LogP contribution in [0.2, 0.25) is 5.02 Å². The van der Waals surface area contributed by atoms with Gasteiger partial charge in [0.25, 0.3) is 5.91 Å². The van der Waals surface area contributed by atoms with E-state index in [0.717, 1.165) is 5.56 Å². The largest absolute Gasteiger partial charge is 0.345 e. The van der Waals surface area contributed by atoms with Crippen LogP contribution in [-0.4, -0.2) is 16.3 Å². The molecule has 90 valence electrons. The van der Waals surface area contributed by atoms with E-state index in [-0.39, 0.29) is 16.3 Å². The van der Waals surface area contributed by atoms with Crippen LogP contribution in [0.3, 0.4) is 0 Å². The normalized spacial score (nSPS) is 13.6. The number of carbonyl (C=O) groups excluding carboxylic acids is 1. The van der Waals surface area contributed by atoms with Crippen LogP contribution in [0.15, 0.2) is 5.38 Å². The van der Waals surface area contributed by atoms with Crippen LogP contribution in [0, 0.1) is 6.92 Å². The molecular formula is C11H15BrClNOS. The quantitative estimate of drug-likeness (QED) is 0.837. The Balaban J connectivity index is 2.85. The van der Waals surface area contributed by atoms with Gasteiger partial charge in [-0.1, -0.05) is 34.5 Å². The van der Waals surface area contributed by atoms with Crippen LogP contribution >= 0.6 is 38.9 Å². The molecule has 1 N–H and O–H groups in total. The van der Waals surface area contributed by atoms with Crippen LogP contribution in [0.25, 0.3) is 0 Å². The fourth-order valence-electron chi connectivity index (χ4n) is 1.03. The third-order valence-corrected chi connectivity index (χ3v) is 5.38. The van der Waals surface area contributed by atoms with Crippen LogP contribution in [0.5, 0.6) is 0 Å². The van der Waals surface area contributed by atoms with Crippen molar-refractivity contribution < 1.29 is 4.79 Å². The Bertz CT molecular complexity index is 401. The van der Waals surface area contributed by atoms with Crippen molar-refractivity contribution in [1.82, 2.24) is 5.32 Å². The molecule has 0 aliphatic rings. The first-order valence-electron chi connectivity index (χ1n) is 4.96.